The third-order valence-corrected chi connectivity index (χ3v) is 4.93. The van der Waals surface area contributed by atoms with Gasteiger partial charge in [-0.1, -0.05) is 0 Å². The Balaban J connectivity index is 1.42. The van der Waals surface area contributed by atoms with E-state index in [4.69, 9.17) is 0 Å². The highest BCUT2D eigenvalue weighted by Gasteiger charge is 2.25. The second kappa shape index (κ2) is 7.06. The minimum absolute atomic E-state index is 0.0211. The number of amides is 1. The molecule has 0 radical (unpaired) electrons. The number of carbonyl (C=O) groups excluding carboxylic acids is 1. The van der Waals surface area contributed by atoms with E-state index in [9.17, 15) is 14.9 Å². The number of non-ortho nitro benzene ring substituents is 1. The van der Waals surface area contributed by atoms with Gasteiger partial charge in [0.1, 0.15) is 0 Å². The molecule has 3 aromatic rings. The first kappa shape index (κ1) is 17.0. The van der Waals surface area contributed by atoms with Gasteiger partial charge in [-0.3, -0.25) is 14.9 Å². The van der Waals surface area contributed by atoms with Crippen LogP contribution in [0.15, 0.2) is 61.1 Å². The molecule has 0 spiro atoms. The van der Waals surface area contributed by atoms with Crippen molar-refractivity contribution in [2.24, 2.45) is 0 Å². The molecule has 1 aliphatic heterocycles. The molecule has 138 valence electrons. The SMILES string of the molecule is O=C(c1ccn(-c2ccc([N+](=O)[O-])cc2)n1)N1CCC(n2cccc2)CC1. The van der Waals surface area contributed by atoms with E-state index in [1.54, 1.807) is 29.1 Å². The first-order chi connectivity index (χ1) is 13.1. The van der Waals surface area contributed by atoms with E-state index in [1.165, 1.54) is 12.1 Å². The van der Waals surface area contributed by atoms with Crippen LogP contribution >= 0.6 is 0 Å². The molecule has 1 aromatic carbocycles. The summed E-state index contributed by atoms with van der Waals surface area (Å²) >= 11 is 0. The molecule has 0 N–H and O–H groups in total. The third-order valence-electron chi connectivity index (χ3n) is 4.93. The highest BCUT2D eigenvalue weighted by molar-refractivity contribution is 5.92. The standard InChI is InChI=1S/C19H19N5O3/c25-19(22-12-7-15(8-13-22)21-10-1-2-11-21)18-9-14-23(20-18)16-3-5-17(6-4-16)24(26)27/h1-6,9-11,14-15H,7-8,12-13H2. The van der Waals surface area contributed by atoms with Gasteiger partial charge >= 0.3 is 0 Å². The topological polar surface area (TPSA) is 86.2 Å². The zero-order valence-corrected chi connectivity index (χ0v) is 14.6. The Labute approximate surface area is 155 Å². The summed E-state index contributed by atoms with van der Waals surface area (Å²) in [7, 11) is 0. The van der Waals surface area contributed by atoms with Gasteiger partial charge in [-0.05, 0) is 43.2 Å². The molecule has 4 rings (SSSR count). The predicted molar refractivity (Wildman–Crippen MR) is 98.8 cm³/mol. The molecule has 0 unspecified atom stereocenters. The summed E-state index contributed by atoms with van der Waals surface area (Å²) in [6.45, 7) is 1.40. The number of piperidine rings is 1. The van der Waals surface area contributed by atoms with Crippen molar-refractivity contribution in [1.29, 1.82) is 0 Å². The molecule has 0 atom stereocenters. The van der Waals surface area contributed by atoms with Gasteiger partial charge in [0.25, 0.3) is 11.6 Å². The fourth-order valence-corrected chi connectivity index (χ4v) is 3.43. The largest absolute Gasteiger partial charge is 0.351 e. The average Bonchev–Trinajstić information content (AvgIpc) is 3.40. The van der Waals surface area contributed by atoms with Crippen molar-refractivity contribution in [3.63, 3.8) is 0 Å². The lowest BCUT2D eigenvalue weighted by Gasteiger charge is -2.32. The summed E-state index contributed by atoms with van der Waals surface area (Å²) in [5.41, 5.74) is 1.08. The van der Waals surface area contributed by atoms with Crippen LogP contribution in [0.5, 0.6) is 0 Å². The maximum Gasteiger partial charge on any atom is 0.274 e. The number of hydrogen-bond donors (Lipinski definition) is 0. The third kappa shape index (κ3) is 3.46. The second-order valence-corrected chi connectivity index (χ2v) is 6.57. The van der Waals surface area contributed by atoms with E-state index >= 15 is 0 Å². The van der Waals surface area contributed by atoms with Crippen LogP contribution in [0.1, 0.15) is 29.4 Å². The van der Waals surface area contributed by atoms with E-state index < -0.39 is 4.92 Å². The number of carbonyl (C=O) groups is 1. The monoisotopic (exact) mass is 365 g/mol. The lowest BCUT2D eigenvalue weighted by molar-refractivity contribution is -0.384. The predicted octanol–water partition coefficient (Wildman–Crippen LogP) is 3.06. The number of nitro groups is 1. The van der Waals surface area contributed by atoms with Gasteiger partial charge < -0.3 is 9.47 Å². The van der Waals surface area contributed by atoms with E-state index in [-0.39, 0.29) is 11.6 Å². The number of nitrogens with zero attached hydrogens (tertiary/aromatic N) is 5. The van der Waals surface area contributed by atoms with Gasteiger partial charge in [-0.2, -0.15) is 5.10 Å². The molecular weight excluding hydrogens is 346 g/mol. The van der Waals surface area contributed by atoms with Gasteiger partial charge in [0.05, 0.1) is 10.6 Å². The molecule has 1 aliphatic rings. The Bertz CT molecular complexity index is 938. The van der Waals surface area contributed by atoms with Gasteiger partial charge in [0.2, 0.25) is 0 Å². The van der Waals surface area contributed by atoms with Crippen molar-refractivity contribution in [3.05, 3.63) is 76.9 Å². The molecule has 8 nitrogen and oxygen atoms in total. The summed E-state index contributed by atoms with van der Waals surface area (Å²) in [6.07, 6.45) is 7.66. The molecule has 1 fully saturated rings. The minimum Gasteiger partial charge on any atom is -0.351 e. The maximum atomic E-state index is 12.7. The van der Waals surface area contributed by atoms with Crippen LogP contribution in [0.3, 0.4) is 0 Å². The highest BCUT2D eigenvalue weighted by Crippen LogP contribution is 2.23. The number of nitro benzene ring substituents is 1. The summed E-state index contributed by atoms with van der Waals surface area (Å²) in [4.78, 5) is 24.9. The zero-order valence-electron chi connectivity index (χ0n) is 14.6. The fourth-order valence-electron chi connectivity index (χ4n) is 3.43. The molecule has 27 heavy (non-hydrogen) atoms. The number of hydrogen-bond acceptors (Lipinski definition) is 4. The molecule has 1 saturated heterocycles. The summed E-state index contributed by atoms with van der Waals surface area (Å²) in [6, 6.07) is 12.2. The van der Waals surface area contributed by atoms with Crippen LogP contribution in [-0.2, 0) is 0 Å². The van der Waals surface area contributed by atoms with Gasteiger partial charge in [0, 0.05) is 49.9 Å². The van der Waals surface area contributed by atoms with Crippen molar-refractivity contribution in [2.45, 2.75) is 18.9 Å². The molecule has 3 heterocycles. The molecule has 8 heteroatoms. The van der Waals surface area contributed by atoms with E-state index in [0.717, 1.165) is 12.8 Å². The Morgan fingerprint density at radius 2 is 1.70 bits per heavy atom. The summed E-state index contributed by atoms with van der Waals surface area (Å²) in [5.74, 6) is -0.0818. The average molecular weight is 365 g/mol. The van der Waals surface area contributed by atoms with Gasteiger partial charge in [-0.25, -0.2) is 4.68 Å². The lowest BCUT2D eigenvalue weighted by Crippen LogP contribution is -2.39. The summed E-state index contributed by atoms with van der Waals surface area (Å²) in [5, 5.41) is 15.1. The number of benzene rings is 1. The van der Waals surface area contributed by atoms with Crippen molar-refractivity contribution >= 4 is 11.6 Å². The van der Waals surface area contributed by atoms with E-state index in [2.05, 4.69) is 22.1 Å². The normalized spacial score (nSPS) is 15.0. The van der Waals surface area contributed by atoms with Crippen molar-refractivity contribution < 1.29 is 9.72 Å². The van der Waals surface area contributed by atoms with Crippen molar-refractivity contribution in [2.75, 3.05) is 13.1 Å². The minimum atomic E-state index is -0.445. The maximum absolute atomic E-state index is 12.7. The lowest BCUT2D eigenvalue weighted by atomic mass is 10.0. The molecular formula is C19H19N5O3. The van der Waals surface area contributed by atoms with Gasteiger partial charge in [-0.15, -0.1) is 0 Å². The Hall–Kier alpha value is -3.42. The number of likely N-dealkylation sites (tertiary alicyclic amines) is 1. The summed E-state index contributed by atoms with van der Waals surface area (Å²) < 4.78 is 3.76. The molecule has 2 aromatic heterocycles. The smallest absolute Gasteiger partial charge is 0.274 e. The van der Waals surface area contributed by atoms with Crippen LogP contribution in [0, 0.1) is 10.1 Å². The quantitative estimate of drug-likeness (QED) is 0.525. The van der Waals surface area contributed by atoms with Crippen LogP contribution < -0.4 is 0 Å². The Morgan fingerprint density at radius 1 is 1.04 bits per heavy atom. The Morgan fingerprint density at radius 3 is 2.33 bits per heavy atom. The number of aromatic nitrogens is 3. The molecule has 0 saturated carbocycles. The van der Waals surface area contributed by atoms with E-state index in [1.807, 2.05) is 17.0 Å². The molecule has 1 amide bonds. The van der Waals surface area contributed by atoms with Crippen molar-refractivity contribution in [1.82, 2.24) is 19.2 Å². The van der Waals surface area contributed by atoms with Crippen molar-refractivity contribution in [3.8, 4) is 5.69 Å². The van der Waals surface area contributed by atoms with Gasteiger partial charge in [0.15, 0.2) is 5.69 Å². The van der Waals surface area contributed by atoms with Crippen LogP contribution in [-0.4, -0.2) is 43.2 Å². The Kier molecular flexibility index (Phi) is 4.45. The van der Waals surface area contributed by atoms with Crippen LogP contribution in [0.25, 0.3) is 5.69 Å². The second-order valence-electron chi connectivity index (χ2n) is 6.57. The number of rotatable bonds is 4. The fraction of sp³-hybridized carbons (Fsp3) is 0.263. The van der Waals surface area contributed by atoms with E-state index in [0.29, 0.717) is 30.5 Å². The highest BCUT2D eigenvalue weighted by atomic mass is 16.6. The zero-order chi connectivity index (χ0) is 18.8. The first-order valence-corrected chi connectivity index (χ1v) is 8.84. The van der Waals surface area contributed by atoms with Crippen LogP contribution in [0.2, 0.25) is 0 Å². The first-order valence-electron chi connectivity index (χ1n) is 8.84. The molecule has 0 bridgehead atoms. The molecule has 0 aliphatic carbocycles. The van der Waals surface area contributed by atoms with Crippen LogP contribution in [0.4, 0.5) is 5.69 Å².